The van der Waals surface area contributed by atoms with Crippen molar-refractivity contribution in [1.29, 1.82) is 0 Å². The van der Waals surface area contributed by atoms with Crippen LogP contribution in [-0.4, -0.2) is 5.91 Å². The molecule has 1 unspecified atom stereocenters. The molecular formula is C15H15ClN2O. The third-order valence-corrected chi connectivity index (χ3v) is 3.16. The van der Waals surface area contributed by atoms with Gasteiger partial charge in [0.15, 0.2) is 0 Å². The molecule has 0 heterocycles. The van der Waals surface area contributed by atoms with Crippen molar-refractivity contribution in [1.82, 2.24) is 0 Å². The van der Waals surface area contributed by atoms with Crippen LogP contribution in [0, 0.1) is 6.92 Å². The van der Waals surface area contributed by atoms with E-state index in [0.29, 0.717) is 10.7 Å². The second kappa shape index (κ2) is 5.76. The van der Waals surface area contributed by atoms with Gasteiger partial charge in [-0.1, -0.05) is 53.6 Å². The highest BCUT2D eigenvalue weighted by molar-refractivity contribution is 6.33. The van der Waals surface area contributed by atoms with Gasteiger partial charge in [0, 0.05) is 0 Å². The number of benzene rings is 2. The number of rotatable bonds is 4. The molecule has 0 bridgehead atoms. The molecule has 0 aliphatic carbocycles. The van der Waals surface area contributed by atoms with Crippen molar-refractivity contribution in [2.45, 2.75) is 13.0 Å². The molecule has 2 aromatic rings. The van der Waals surface area contributed by atoms with Gasteiger partial charge in [-0.25, -0.2) is 0 Å². The molecule has 0 saturated heterocycles. The molecule has 0 aliphatic heterocycles. The fourth-order valence-corrected chi connectivity index (χ4v) is 2.09. The summed E-state index contributed by atoms with van der Waals surface area (Å²) in [4.78, 5) is 11.6. The van der Waals surface area contributed by atoms with Crippen LogP contribution < -0.4 is 11.1 Å². The van der Waals surface area contributed by atoms with Crippen LogP contribution in [0.3, 0.4) is 0 Å². The molecule has 1 amide bonds. The summed E-state index contributed by atoms with van der Waals surface area (Å²) in [6, 6.07) is 14.3. The zero-order valence-corrected chi connectivity index (χ0v) is 11.3. The number of aryl methyl sites for hydroxylation is 1. The Bertz CT molecular complexity index is 598. The molecule has 0 fully saturated rings. The number of hydrogen-bond acceptors (Lipinski definition) is 2. The predicted molar refractivity (Wildman–Crippen MR) is 78.2 cm³/mol. The number of para-hydroxylation sites is 1. The number of carbonyl (C=O) groups excluding carboxylic acids is 1. The normalized spacial score (nSPS) is 11.9. The Morgan fingerprint density at radius 1 is 1.21 bits per heavy atom. The average Bonchev–Trinajstić information content (AvgIpc) is 2.37. The number of nitrogens with one attached hydrogen (secondary N) is 1. The maximum Gasteiger partial charge on any atom is 0.244 e. The van der Waals surface area contributed by atoms with Crippen molar-refractivity contribution >= 4 is 23.2 Å². The molecule has 0 aliphatic rings. The summed E-state index contributed by atoms with van der Waals surface area (Å²) in [6.45, 7) is 1.97. The van der Waals surface area contributed by atoms with Gasteiger partial charge in [0.05, 0.1) is 10.7 Å². The Morgan fingerprint density at radius 3 is 2.58 bits per heavy atom. The molecule has 0 radical (unpaired) electrons. The van der Waals surface area contributed by atoms with Gasteiger partial charge < -0.3 is 11.1 Å². The maximum atomic E-state index is 11.6. The summed E-state index contributed by atoms with van der Waals surface area (Å²) >= 11 is 6.08. The predicted octanol–water partition coefficient (Wildman–Crippen LogP) is 3.29. The Hall–Kier alpha value is -2.00. The molecule has 0 spiro atoms. The molecule has 2 aromatic carbocycles. The van der Waals surface area contributed by atoms with Gasteiger partial charge in [-0.3, -0.25) is 4.79 Å². The van der Waals surface area contributed by atoms with Crippen molar-refractivity contribution in [2.24, 2.45) is 5.73 Å². The van der Waals surface area contributed by atoms with Crippen molar-refractivity contribution < 1.29 is 4.79 Å². The fourth-order valence-electron chi connectivity index (χ4n) is 1.90. The smallest absolute Gasteiger partial charge is 0.244 e. The first-order chi connectivity index (χ1) is 9.08. The third kappa shape index (κ3) is 3.26. The van der Waals surface area contributed by atoms with E-state index >= 15 is 0 Å². The molecule has 4 heteroatoms. The van der Waals surface area contributed by atoms with E-state index in [1.807, 2.05) is 49.4 Å². The minimum Gasteiger partial charge on any atom is -0.369 e. The van der Waals surface area contributed by atoms with Gasteiger partial charge in [0.25, 0.3) is 0 Å². The Labute approximate surface area is 117 Å². The van der Waals surface area contributed by atoms with Gasteiger partial charge in [-0.2, -0.15) is 0 Å². The van der Waals surface area contributed by atoms with Gasteiger partial charge in [-0.05, 0) is 24.6 Å². The molecular weight excluding hydrogens is 260 g/mol. The monoisotopic (exact) mass is 274 g/mol. The van der Waals surface area contributed by atoms with E-state index in [0.717, 1.165) is 11.1 Å². The first-order valence-corrected chi connectivity index (χ1v) is 6.32. The molecule has 98 valence electrons. The van der Waals surface area contributed by atoms with Crippen molar-refractivity contribution in [3.63, 3.8) is 0 Å². The van der Waals surface area contributed by atoms with Crippen LogP contribution in [0.15, 0.2) is 48.5 Å². The van der Waals surface area contributed by atoms with E-state index in [9.17, 15) is 4.79 Å². The molecule has 3 nitrogen and oxygen atoms in total. The molecule has 1 atom stereocenters. The lowest BCUT2D eigenvalue weighted by molar-refractivity contribution is -0.118. The summed E-state index contributed by atoms with van der Waals surface area (Å²) in [7, 11) is 0. The number of primary amides is 1. The lowest BCUT2D eigenvalue weighted by atomic mass is 10.0. The van der Waals surface area contributed by atoms with Crippen LogP contribution >= 0.6 is 11.6 Å². The van der Waals surface area contributed by atoms with Crippen molar-refractivity contribution in [3.05, 3.63) is 64.7 Å². The van der Waals surface area contributed by atoms with E-state index < -0.39 is 11.9 Å². The van der Waals surface area contributed by atoms with Gasteiger partial charge in [0.1, 0.15) is 6.04 Å². The van der Waals surface area contributed by atoms with Gasteiger partial charge >= 0.3 is 0 Å². The first-order valence-electron chi connectivity index (χ1n) is 5.95. The topological polar surface area (TPSA) is 55.1 Å². The van der Waals surface area contributed by atoms with Crippen molar-refractivity contribution in [3.8, 4) is 0 Å². The summed E-state index contributed by atoms with van der Waals surface area (Å²) in [5.74, 6) is -0.439. The van der Waals surface area contributed by atoms with Crippen LogP contribution in [0.1, 0.15) is 17.2 Å². The Kier molecular flexibility index (Phi) is 4.07. The summed E-state index contributed by atoms with van der Waals surface area (Å²) < 4.78 is 0. The second-order valence-corrected chi connectivity index (χ2v) is 4.78. The second-order valence-electron chi connectivity index (χ2n) is 4.37. The molecule has 19 heavy (non-hydrogen) atoms. The fraction of sp³-hybridized carbons (Fsp3) is 0.133. The van der Waals surface area contributed by atoms with Crippen molar-refractivity contribution in [2.75, 3.05) is 5.32 Å². The molecule has 3 N–H and O–H groups in total. The van der Waals surface area contributed by atoms with E-state index in [2.05, 4.69) is 5.32 Å². The van der Waals surface area contributed by atoms with Crippen LogP contribution in [0.5, 0.6) is 0 Å². The maximum absolute atomic E-state index is 11.6. The largest absolute Gasteiger partial charge is 0.369 e. The highest BCUT2D eigenvalue weighted by atomic mass is 35.5. The number of carbonyl (C=O) groups is 1. The summed E-state index contributed by atoms with van der Waals surface area (Å²) in [5, 5.41) is 3.64. The Morgan fingerprint density at radius 2 is 1.95 bits per heavy atom. The van der Waals surface area contributed by atoms with E-state index in [1.54, 1.807) is 6.07 Å². The van der Waals surface area contributed by atoms with E-state index in [-0.39, 0.29) is 0 Å². The quantitative estimate of drug-likeness (QED) is 0.899. The summed E-state index contributed by atoms with van der Waals surface area (Å²) in [6.07, 6.45) is 0. The molecule has 2 rings (SSSR count). The Balaban J connectivity index is 2.32. The summed E-state index contributed by atoms with van der Waals surface area (Å²) in [5.41, 5.74) is 8.06. The third-order valence-electron chi connectivity index (χ3n) is 2.83. The number of halogens is 1. The zero-order chi connectivity index (χ0) is 13.8. The average molecular weight is 275 g/mol. The van der Waals surface area contributed by atoms with Gasteiger partial charge in [-0.15, -0.1) is 0 Å². The van der Waals surface area contributed by atoms with Gasteiger partial charge in [0.2, 0.25) is 5.91 Å². The SMILES string of the molecule is Cc1cccc(C(Nc2ccccc2Cl)C(N)=O)c1. The number of nitrogens with two attached hydrogens (primary N) is 1. The highest BCUT2D eigenvalue weighted by Crippen LogP contribution is 2.26. The zero-order valence-electron chi connectivity index (χ0n) is 10.6. The lowest BCUT2D eigenvalue weighted by Gasteiger charge is -2.18. The minimum atomic E-state index is -0.597. The minimum absolute atomic E-state index is 0.439. The number of hydrogen-bond donors (Lipinski definition) is 2. The first kappa shape index (κ1) is 13.4. The number of anilines is 1. The van der Waals surface area contributed by atoms with Crippen LogP contribution in [-0.2, 0) is 4.79 Å². The molecule has 0 saturated carbocycles. The van der Waals surface area contributed by atoms with Crippen LogP contribution in [0.2, 0.25) is 5.02 Å². The number of amides is 1. The lowest BCUT2D eigenvalue weighted by Crippen LogP contribution is -2.27. The van der Waals surface area contributed by atoms with E-state index in [1.165, 1.54) is 0 Å². The van der Waals surface area contributed by atoms with Crippen LogP contribution in [0.25, 0.3) is 0 Å². The molecule has 0 aromatic heterocycles. The highest BCUT2D eigenvalue weighted by Gasteiger charge is 2.18. The van der Waals surface area contributed by atoms with E-state index in [4.69, 9.17) is 17.3 Å². The standard InChI is InChI=1S/C15H15ClN2O/c1-10-5-4-6-11(9-10)14(15(17)19)18-13-8-3-2-7-12(13)16/h2-9,14,18H,1H3,(H2,17,19). The van der Waals surface area contributed by atoms with Crippen LogP contribution in [0.4, 0.5) is 5.69 Å².